The molecule has 0 unspecified atom stereocenters. The van der Waals surface area contributed by atoms with Gasteiger partial charge in [0.2, 0.25) is 0 Å². The van der Waals surface area contributed by atoms with E-state index >= 15 is 0 Å². The molecule has 0 spiro atoms. The molecule has 0 saturated carbocycles. The smallest absolute Gasteiger partial charge is 0.124 e. The molecule has 0 aromatic heterocycles. The van der Waals surface area contributed by atoms with Crippen LogP contribution in [0.25, 0.3) is 0 Å². The van der Waals surface area contributed by atoms with Crippen LogP contribution < -0.4 is 0 Å². The van der Waals surface area contributed by atoms with Gasteiger partial charge in [0.25, 0.3) is 0 Å². The van der Waals surface area contributed by atoms with E-state index in [9.17, 15) is 4.79 Å². The van der Waals surface area contributed by atoms with Crippen LogP contribution in [0, 0.1) is 0 Å². The molecule has 2 aromatic carbocycles. The van der Waals surface area contributed by atoms with E-state index in [1.165, 1.54) is 18.4 Å². The lowest BCUT2D eigenvalue weighted by atomic mass is 9.77. The summed E-state index contributed by atoms with van der Waals surface area (Å²) in [5, 5.41) is 1.51. The Morgan fingerprint density at radius 2 is 1.39 bits per heavy atom. The van der Waals surface area contributed by atoms with Gasteiger partial charge in [0.15, 0.2) is 0 Å². The van der Waals surface area contributed by atoms with Crippen LogP contribution in [0.1, 0.15) is 90.0 Å². The Kier molecular flexibility index (Phi) is 16.4. The second-order valence-corrected chi connectivity index (χ2v) is 9.37. The van der Waals surface area contributed by atoms with Gasteiger partial charge in [0.1, 0.15) is 6.29 Å². The minimum atomic E-state index is -0.213. The van der Waals surface area contributed by atoms with Crippen molar-refractivity contribution in [3.05, 3.63) is 68.7 Å². The number of benzene rings is 2. The zero-order valence-corrected chi connectivity index (χ0v) is 23.6. The molecule has 33 heavy (non-hydrogen) atoms. The highest BCUT2D eigenvalue weighted by Gasteiger charge is 2.25. The Hall–Kier alpha value is -1.35. The van der Waals surface area contributed by atoms with Gasteiger partial charge in [-0.05, 0) is 67.4 Å². The SMILES string of the molecule is CC.CCCCCc1c(Cl)cc(C(C)(C)c2ccc(CC=O)cc2)cc1Cl.CCN(C)CC. The van der Waals surface area contributed by atoms with E-state index in [1.54, 1.807) is 0 Å². The minimum absolute atomic E-state index is 0.213. The highest BCUT2D eigenvalue weighted by Crippen LogP contribution is 2.37. The molecule has 0 aliphatic rings. The summed E-state index contributed by atoms with van der Waals surface area (Å²) in [7, 11) is 2.11. The van der Waals surface area contributed by atoms with Crippen molar-refractivity contribution in [3.63, 3.8) is 0 Å². The summed E-state index contributed by atoms with van der Waals surface area (Å²) in [5.41, 5.74) is 4.14. The fourth-order valence-electron chi connectivity index (χ4n) is 3.30. The maximum atomic E-state index is 10.6. The first-order valence-electron chi connectivity index (χ1n) is 12.4. The van der Waals surface area contributed by atoms with Crippen molar-refractivity contribution < 1.29 is 4.79 Å². The second-order valence-electron chi connectivity index (χ2n) is 8.56. The quantitative estimate of drug-likeness (QED) is 0.243. The Morgan fingerprint density at radius 3 is 1.79 bits per heavy atom. The molecule has 2 nitrogen and oxygen atoms in total. The number of nitrogens with zero attached hydrogens (tertiary/aromatic N) is 1. The van der Waals surface area contributed by atoms with Crippen LogP contribution in [-0.2, 0) is 23.1 Å². The first-order chi connectivity index (χ1) is 15.7. The molecule has 0 aliphatic carbocycles. The first-order valence-corrected chi connectivity index (χ1v) is 13.2. The molecular formula is C29H45Cl2NO. The monoisotopic (exact) mass is 493 g/mol. The van der Waals surface area contributed by atoms with Gasteiger partial charge in [-0.2, -0.15) is 0 Å². The summed E-state index contributed by atoms with van der Waals surface area (Å²) in [6.07, 6.45) is 5.78. The summed E-state index contributed by atoms with van der Waals surface area (Å²) >= 11 is 13.1. The van der Waals surface area contributed by atoms with Crippen molar-refractivity contribution in [1.82, 2.24) is 4.90 Å². The second kappa shape index (κ2) is 17.1. The highest BCUT2D eigenvalue weighted by atomic mass is 35.5. The van der Waals surface area contributed by atoms with E-state index in [-0.39, 0.29) is 5.41 Å². The van der Waals surface area contributed by atoms with Crippen molar-refractivity contribution >= 4 is 29.5 Å². The van der Waals surface area contributed by atoms with Crippen molar-refractivity contribution in [2.24, 2.45) is 0 Å². The summed E-state index contributed by atoms with van der Waals surface area (Å²) in [6, 6.07) is 12.3. The number of halogens is 2. The first kappa shape index (κ1) is 31.6. The van der Waals surface area contributed by atoms with E-state index < -0.39 is 0 Å². The third-order valence-corrected chi connectivity index (χ3v) is 6.64. The van der Waals surface area contributed by atoms with Crippen LogP contribution in [0.3, 0.4) is 0 Å². The third kappa shape index (κ3) is 10.6. The summed E-state index contributed by atoms with van der Waals surface area (Å²) < 4.78 is 0. The topological polar surface area (TPSA) is 20.3 Å². The van der Waals surface area contributed by atoms with Gasteiger partial charge >= 0.3 is 0 Å². The van der Waals surface area contributed by atoms with Crippen LogP contribution in [0.5, 0.6) is 0 Å². The van der Waals surface area contributed by atoms with E-state index in [4.69, 9.17) is 23.2 Å². The van der Waals surface area contributed by atoms with Crippen LogP contribution in [0.4, 0.5) is 0 Å². The van der Waals surface area contributed by atoms with Gasteiger partial charge in [-0.25, -0.2) is 0 Å². The lowest BCUT2D eigenvalue weighted by molar-refractivity contribution is -0.107. The van der Waals surface area contributed by atoms with E-state index in [1.807, 2.05) is 38.1 Å². The number of carbonyl (C=O) groups excluding carboxylic acids is 1. The standard InChI is InChI=1S/C22H26Cl2O.C5H13N.C2H6/c1-4-5-6-7-19-20(23)14-18(15-21(19)24)22(2,3)17-10-8-16(9-11-17)12-13-25;1-4-6(3)5-2;1-2/h8-11,13-15H,4-7,12H2,1-3H3;4-5H2,1-3H3;1-2H3. The Labute approximate surface area is 213 Å². The summed E-state index contributed by atoms with van der Waals surface area (Å²) in [5.74, 6) is 0. The molecule has 2 aromatic rings. The van der Waals surface area contributed by atoms with Gasteiger partial charge in [-0.1, -0.05) is 109 Å². The molecule has 0 fully saturated rings. The predicted molar refractivity (Wildman–Crippen MR) is 148 cm³/mol. The lowest BCUT2D eigenvalue weighted by Crippen LogP contribution is -2.19. The molecule has 0 saturated heterocycles. The van der Waals surface area contributed by atoms with Crippen molar-refractivity contribution in [3.8, 4) is 0 Å². The van der Waals surface area contributed by atoms with Gasteiger partial charge < -0.3 is 9.69 Å². The van der Waals surface area contributed by atoms with Crippen molar-refractivity contribution in [2.45, 2.75) is 86.0 Å². The zero-order valence-electron chi connectivity index (χ0n) is 22.1. The number of rotatable bonds is 10. The molecule has 0 radical (unpaired) electrons. The van der Waals surface area contributed by atoms with Crippen LogP contribution in [-0.4, -0.2) is 31.3 Å². The van der Waals surface area contributed by atoms with Crippen LogP contribution in [0.2, 0.25) is 10.0 Å². The molecule has 0 aliphatic heterocycles. The number of aldehydes is 1. The van der Waals surface area contributed by atoms with Crippen molar-refractivity contribution in [1.29, 1.82) is 0 Å². The number of unbranched alkanes of at least 4 members (excludes halogenated alkanes) is 2. The molecule has 0 atom stereocenters. The zero-order chi connectivity index (χ0) is 25.4. The molecular weight excluding hydrogens is 449 g/mol. The number of hydrogen-bond donors (Lipinski definition) is 0. The summed E-state index contributed by atoms with van der Waals surface area (Å²) in [6.45, 7) is 17.2. The van der Waals surface area contributed by atoms with Gasteiger partial charge in [-0.15, -0.1) is 0 Å². The van der Waals surface area contributed by atoms with Crippen molar-refractivity contribution in [2.75, 3.05) is 20.1 Å². The highest BCUT2D eigenvalue weighted by molar-refractivity contribution is 6.36. The lowest BCUT2D eigenvalue weighted by Gasteiger charge is -2.27. The molecule has 2 rings (SSSR count). The predicted octanol–water partition coefficient (Wildman–Crippen LogP) is 8.78. The van der Waals surface area contributed by atoms with Gasteiger partial charge in [-0.3, -0.25) is 0 Å². The van der Waals surface area contributed by atoms with Gasteiger partial charge in [0.05, 0.1) is 0 Å². The number of hydrogen-bond acceptors (Lipinski definition) is 2. The average molecular weight is 495 g/mol. The molecule has 4 heteroatoms. The fraction of sp³-hybridized carbons (Fsp3) is 0.552. The largest absolute Gasteiger partial charge is 0.307 e. The Morgan fingerprint density at radius 1 is 0.879 bits per heavy atom. The molecule has 0 amide bonds. The molecule has 186 valence electrons. The third-order valence-electron chi connectivity index (χ3n) is 5.97. The summed E-state index contributed by atoms with van der Waals surface area (Å²) in [4.78, 5) is 12.9. The minimum Gasteiger partial charge on any atom is -0.307 e. The maximum Gasteiger partial charge on any atom is 0.124 e. The van der Waals surface area contributed by atoms with E-state index in [0.717, 1.165) is 59.0 Å². The average Bonchev–Trinajstić information content (AvgIpc) is 2.82. The maximum absolute atomic E-state index is 10.6. The molecule has 0 N–H and O–H groups in total. The van der Waals surface area contributed by atoms with Crippen LogP contribution in [0.15, 0.2) is 36.4 Å². The normalized spacial score (nSPS) is 10.8. The Balaban J connectivity index is 0.00000111. The van der Waals surface area contributed by atoms with Gasteiger partial charge in [0, 0.05) is 21.9 Å². The Bertz CT molecular complexity index is 773. The van der Waals surface area contributed by atoms with E-state index in [2.05, 4.69) is 58.7 Å². The van der Waals surface area contributed by atoms with Crippen LogP contribution >= 0.6 is 23.2 Å². The molecule has 0 bridgehead atoms. The van der Waals surface area contributed by atoms with E-state index in [0.29, 0.717) is 6.42 Å². The number of carbonyl (C=O) groups is 1. The molecule has 0 heterocycles. The fourth-order valence-corrected chi connectivity index (χ4v) is 3.97.